The molecule has 0 radical (unpaired) electrons. The van der Waals surface area contributed by atoms with Gasteiger partial charge in [0.2, 0.25) is 11.8 Å². The van der Waals surface area contributed by atoms with Gasteiger partial charge in [0, 0.05) is 38.6 Å². The van der Waals surface area contributed by atoms with Crippen molar-refractivity contribution in [3.05, 3.63) is 0 Å². The minimum Gasteiger partial charge on any atom is -0.481 e. The number of rotatable bonds is 21. The van der Waals surface area contributed by atoms with Crippen molar-refractivity contribution in [2.75, 3.05) is 39.3 Å². The second-order valence-electron chi connectivity index (χ2n) is 21.6. The highest BCUT2D eigenvalue weighted by Gasteiger charge is 2.37. The molecule has 23 nitrogen and oxygen atoms in total. The van der Waals surface area contributed by atoms with Gasteiger partial charge in [-0.3, -0.25) is 19.2 Å². The van der Waals surface area contributed by atoms with Crippen molar-refractivity contribution in [1.82, 2.24) is 31.1 Å². The van der Waals surface area contributed by atoms with Crippen molar-refractivity contribution in [2.24, 2.45) is 17.6 Å². The van der Waals surface area contributed by atoms with E-state index >= 15 is 0 Å². The standard InChI is InChI=1S/C17H30N2O5.C16H29N3O5.C12H23NO4.C5H9NO2/c1-12(14(20)19-11-7-9-13(19)15(21)22)8-5-6-10-18-16(23)24-17(2,3)4;1-16(2,3)24-15(23)18-9-5-4-7-11(17)13(20)19-10-6-8-12(19)14(21)22;1-9(10(14)15)7-5-6-8-13-11(16)17-12(2,3)4;7-5(8)4-2-1-3-6-4/h12-13H,5-11H2,1-4H3,(H,18,23)(H,21,22);11-12H,4-10,17H2,1-3H3,(H,18,23)(H,21,22);9H,5-8H2,1-4H3,(H,13,16)(H,14,15);4,6H,1-3H2,(H,7,8)/t12-,13-;11-,12-;9-;4-/m0000/s1. The summed E-state index contributed by atoms with van der Waals surface area (Å²) in [5, 5.41) is 46.1. The first-order valence-electron chi connectivity index (χ1n) is 25.7. The lowest BCUT2D eigenvalue weighted by molar-refractivity contribution is -0.149. The molecule has 422 valence electrons. The molecule has 3 saturated heterocycles. The van der Waals surface area contributed by atoms with Crippen LogP contribution in [0.3, 0.4) is 0 Å². The van der Waals surface area contributed by atoms with Crippen molar-refractivity contribution < 1.29 is 77.8 Å². The van der Waals surface area contributed by atoms with Crippen LogP contribution in [0.25, 0.3) is 0 Å². The maximum atomic E-state index is 12.4. The molecular weight excluding hydrogens is 955 g/mol. The minimum atomic E-state index is -0.977. The molecular formula is C50H91N7O16. The van der Waals surface area contributed by atoms with Gasteiger partial charge in [-0.15, -0.1) is 0 Å². The van der Waals surface area contributed by atoms with Gasteiger partial charge < -0.3 is 71.4 Å². The highest BCUT2D eigenvalue weighted by Crippen LogP contribution is 2.23. The molecule has 5 amide bonds. The largest absolute Gasteiger partial charge is 0.481 e. The number of carbonyl (C=O) groups excluding carboxylic acids is 5. The normalized spacial score (nSPS) is 18.6. The zero-order valence-electron chi connectivity index (χ0n) is 45.5. The Balaban J connectivity index is 0.000001000. The number of amides is 5. The lowest BCUT2D eigenvalue weighted by Gasteiger charge is -2.25. The summed E-state index contributed by atoms with van der Waals surface area (Å²) in [5.41, 5.74) is 4.36. The van der Waals surface area contributed by atoms with Crippen LogP contribution in [0, 0.1) is 11.8 Å². The highest BCUT2D eigenvalue weighted by atomic mass is 16.6. The van der Waals surface area contributed by atoms with Crippen molar-refractivity contribution in [2.45, 2.75) is 213 Å². The van der Waals surface area contributed by atoms with Gasteiger partial charge in [0.25, 0.3) is 0 Å². The molecule has 0 bridgehead atoms. The number of nitrogens with two attached hydrogens (primary N) is 1. The molecule has 0 unspecified atom stereocenters. The molecule has 0 aromatic carbocycles. The first kappa shape index (κ1) is 67.5. The van der Waals surface area contributed by atoms with Crippen LogP contribution in [-0.2, 0) is 43.0 Å². The Bertz CT molecular complexity index is 1660. The summed E-state index contributed by atoms with van der Waals surface area (Å²) < 4.78 is 15.3. The summed E-state index contributed by atoms with van der Waals surface area (Å²) in [6.07, 6.45) is 9.07. The van der Waals surface area contributed by atoms with E-state index in [-0.39, 0.29) is 29.7 Å². The monoisotopic (exact) mass is 1050 g/mol. The zero-order chi connectivity index (χ0) is 56.1. The Morgan fingerprint density at radius 3 is 1.22 bits per heavy atom. The summed E-state index contributed by atoms with van der Waals surface area (Å²) in [4.78, 5) is 105. The van der Waals surface area contributed by atoms with E-state index < -0.39 is 77.1 Å². The number of nitrogens with one attached hydrogen (secondary N) is 4. The molecule has 23 heteroatoms. The molecule has 0 saturated carbocycles. The minimum absolute atomic E-state index is 0.0833. The van der Waals surface area contributed by atoms with E-state index in [1.165, 1.54) is 9.80 Å². The molecule has 6 atom stereocenters. The molecule has 3 fully saturated rings. The van der Waals surface area contributed by atoms with Gasteiger partial charge in [-0.2, -0.15) is 0 Å². The average Bonchev–Trinajstić information content (AvgIpc) is 4.08. The van der Waals surface area contributed by atoms with Crippen molar-refractivity contribution >= 4 is 54.0 Å². The van der Waals surface area contributed by atoms with Crippen LogP contribution in [0.2, 0.25) is 0 Å². The van der Waals surface area contributed by atoms with Gasteiger partial charge in [-0.05, 0) is 152 Å². The van der Waals surface area contributed by atoms with E-state index in [1.807, 2.05) is 27.7 Å². The van der Waals surface area contributed by atoms with E-state index in [0.717, 1.165) is 51.5 Å². The van der Waals surface area contributed by atoms with E-state index in [0.29, 0.717) is 84.1 Å². The average molecular weight is 1050 g/mol. The molecule has 3 aliphatic rings. The molecule has 0 aromatic rings. The molecule has 73 heavy (non-hydrogen) atoms. The fourth-order valence-electron chi connectivity index (χ4n) is 7.49. The second kappa shape index (κ2) is 34.1. The van der Waals surface area contributed by atoms with Gasteiger partial charge in [-0.1, -0.05) is 26.7 Å². The van der Waals surface area contributed by atoms with Gasteiger partial charge in [0.1, 0.15) is 34.9 Å². The lowest BCUT2D eigenvalue weighted by atomic mass is 10.0. The smallest absolute Gasteiger partial charge is 0.407 e. The molecule has 0 aromatic heterocycles. The molecule has 3 aliphatic heterocycles. The third kappa shape index (κ3) is 32.4. The molecule has 0 aliphatic carbocycles. The number of nitrogens with zero attached hydrogens (tertiary/aromatic N) is 2. The number of carbonyl (C=O) groups is 9. The first-order valence-corrected chi connectivity index (χ1v) is 25.7. The van der Waals surface area contributed by atoms with Crippen molar-refractivity contribution in [3.8, 4) is 0 Å². The Hall–Kier alpha value is -5.45. The van der Waals surface area contributed by atoms with Crippen LogP contribution >= 0.6 is 0 Å². The predicted octanol–water partition coefficient (Wildman–Crippen LogP) is 5.70. The lowest BCUT2D eigenvalue weighted by Crippen LogP contribution is -2.48. The molecule has 3 rings (SSSR count). The number of hydrogen-bond acceptors (Lipinski definition) is 14. The quantitative estimate of drug-likeness (QED) is 0.0491. The van der Waals surface area contributed by atoms with E-state index in [9.17, 15) is 43.2 Å². The topological polar surface area (TPSA) is 343 Å². The van der Waals surface area contributed by atoms with E-state index in [4.69, 9.17) is 40.4 Å². The molecule has 0 spiro atoms. The third-order valence-corrected chi connectivity index (χ3v) is 11.2. The van der Waals surface area contributed by atoms with Crippen molar-refractivity contribution in [1.29, 1.82) is 0 Å². The van der Waals surface area contributed by atoms with E-state index in [1.54, 1.807) is 48.5 Å². The van der Waals surface area contributed by atoms with Gasteiger partial charge in [-0.25, -0.2) is 24.0 Å². The number of hydrogen-bond donors (Lipinski definition) is 9. The van der Waals surface area contributed by atoms with Crippen LogP contribution in [0.4, 0.5) is 14.4 Å². The Labute approximate surface area is 432 Å². The van der Waals surface area contributed by atoms with Crippen molar-refractivity contribution in [3.63, 3.8) is 0 Å². The fraction of sp³-hybridized carbons (Fsp3) is 0.820. The Morgan fingerprint density at radius 1 is 0.534 bits per heavy atom. The zero-order valence-corrected chi connectivity index (χ0v) is 45.5. The number of ether oxygens (including phenoxy) is 3. The Morgan fingerprint density at radius 2 is 0.904 bits per heavy atom. The summed E-state index contributed by atoms with van der Waals surface area (Å²) in [7, 11) is 0. The van der Waals surface area contributed by atoms with Gasteiger partial charge in [0.05, 0.1) is 12.0 Å². The maximum absolute atomic E-state index is 12.4. The molecule has 3 heterocycles. The molecule has 10 N–H and O–H groups in total. The summed E-state index contributed by atoms with van der Waals surface area (Å²) in [5.74, 6) is -4.31. The van der Waals surface area contributed by atoms with Gasteiger partial charge in [0.15, 0.2) is 0 Å². The van der Waals surface area contributed by atoms with Crippen LogP contribution in [-0.4, -0.2) is 164 Å². The summed E-state index contributed by atoms with van der Waals surface area (Å²) in [6, 6.07) is -2.40. The number of likely N-dealkylation sites (tertiary alicyclic amines) is 2. The van der Waals surface area contributed by atoms with E-state index in [2.05, 4.69) is 21.3 Å². The number of aliphatic carboxylic acids is 4. The highest BCUT2D eigenvalue weighted by molar-refractivity contribution is 5.87. The Kier molecular flexibility index (Phi) is 31.6. The number of alkyl carbamates (subject to hydrolysis) is 3. The van der Waals surface area contributed by atoms with Gasteiger partial charge >= 0.3 is 42.2 Å². The summed E-state index contributed by atoms with van der Waals surface area (Å²) in [6.45, 7) is 23.0. The number of carboxylic acids is 4. The second-order valence-corrected chi connectivity index (χ2v) is 21.6. The maximum Gasteiger partial charge on any atom is 0.407 e. The first-order chi connectivity index (χ1) is 33.8. The third-order valence-electron chi connectivity index (χ3n) is 11.2. The number of unbranched alkanes of at least 4 members (excludes halogenated alkanes) is 3. The van der Waals surface area contributed by atoms with Crippen LogP contribution in [0.5, 0.6) is 0 Å². The number of carboxylic acid groups (broad SMARTS) is 4. The SMILES string of the molecule is CC(C)(C)OC(=O)NCCCC[C@H](N)C(=O)N1CCC[C@H]1C(=O)O.C[C@@H](CCCCNC(=O)OC(C)(C)C)C(=O)N1CCC[C@H]1C(=O)O.C[C@@H](CCCCNC(=O)OC(C)(C)C)C(=O)O.O=C(O)[C@@H]1CCCN1. The predicted molar refractivity (Wildman–Crippen MR) is 272 cm³/mol. The van der Waals surface area contributed by atoms with Crippen LogP contribution in [0.15, 0.2) is 0 Å². The summed E-state index contributed by atoms with van der Waals surface area (Å²) >= 11 is 0. The fourth-order valence-corrected chi connectivity index (χ4v) is 7.49. The van der Waals surface area contributed by atoms with Crippen LogP contribution in [0.1, 0.15) is 172 Å². The van der Waals surface area contributed by atoms with Crippen LogP contribution < -0.4 is 27.0 Å².